The van der Waals surface area contributed by atoms with Gasteiger partial charge in [0.1, 0.15) is 11.5 Å². The zero-order valence-electron chi connectivity index (χ0n) is 11.6. The monoisotopic (exact) mass is 325 g/mol. The number of hydrogen-bond donors (Lipinski definition) is 2. The topological polar surface area (TPSA) is 55.5 Å². The molecule has 0 amide bonds. The van der Waals surface area contributed by atoms with E-state index in [2.05, 4.69) is 0 Å². The summed E-state index contributed by atoms with van der Waals surface area (Å²) in [5.41, 5.74) is 7.88. The first kappa shape index (κ1) is 16.0. The average molecular weight is 326 g/mol. The number of hydrogen-bond acceptors (Lipinski definition) is 3. The molecule has 0 radical (unpaired) electrons. The lowest BCUT2D eigenvalue weighted by Gasteiger charge is -2.19. The first-order valence-electron chi connectivity index (χ1n) is 6.56. The van der Waals surface area contributed by atoms with E-state index < -0.39 is 0 Å². The van der Waals surface area contributed by atoms with Crippen molar-refractivity contribution in [2.24, 2.45) is 5.73 Å². The van der Waals surface area contributed by atoms with Gasteiger partial charge in [-0.3, -0.25) is 0 Å². The third kappa shape index (κ3) is 3.82. The summed E-state index contributed by atoms with van der Waals surface area (Å²) in [6.07, 6.45) is 0.688. The molecule has 0 aliphatic rings. The van der Waals surface area contributed by atoms with Crippen molar-refractivity contribution in [2.45, 2.75) is 12.3 Å². The summed E-state index contributed by atoms with van der Waals surface area (Å²) in [5.74, 6) is 0.893. The van der Waals surface area contributed by atoms with Gasteiger partial charge in [0.15, 0.2) is 0 Å². The molecule has 2 aromatic rings. The lowest BCUT2D eigenvalue weighted by molar-refractivity contribution is 0.405. The second-order valence-electron chi connectivity index (χ2n) is 4.81. The summed E-state index contributed by atoms with van der Waals surface area (Å²) in [7, 11) is 1.62. The van der Waals surface area contributed by atoms with Crippen molar-refractivity contribution in [3.8, 4) is 11.5 Å². The molecule has 1 unspecified atom stereocenters. The molecule has 0 saturated carbocycles. The van der Waals surface area contributed by atoms with Gasteiger partial charge in [-0.2, -0.15) is 0 Å². The highest BCUT2D eigenvalue weighted by Gasteiger charge is 2.16. The molecule has 3 N–H and O–H groups in total. The number of methoxy groups -OCH3 is 1. The van der Waals surface area contributed by atoms with Crippen LogP contribution in [0.15, 0.2) is 36.4 Å². The summed E-state index contributed by atoms with van der Waals surface area (Å²) in [4.78, 5) is 0. The molecule has 1 atom stereocenters. The van der Waals surface area contributed by atoms with Crippen LogP contribution in [0.1, 0.15) is 17.0 Å². The van der Waals surface area contributed by atoms with Gasteiger partial charge in [0.05, 0.1) is 12.1 Å². The maximum atomic E-state index is 9.48. The van der Waals surface area contributed by atoms with E-state index in [9.17, 15) is 5.11 Å². The van der Waals surface area contributed by atoms with Crippen LogP contribution in [-0.2, 0) is 6.42 Å². The van der Waals surface area contributed by atoms with Gasteiger partial charge in [0.25, 0.3) is 0 Å². The molecule has 0 fully saturated rings. The van der Waals surface area contributed by atoms with Gasteiger partial charge in [-0.15, -0.1) is 0 Å². The van der Waals surface area contributed by atoms with Crippen molar-refractivity contribution >= 4 is 23.2 Å². The number of aromatic hydroxyl groups is 1. The molecule has 0 spiro atoms. The molecule has 0 aromatic heterocycles. The fourth-order valence-electron chi connectivity index (χ4n) is 2.31. The second kappa shape index (κ2) is 7.03. The summed E-state index contributed by atoms with van der Waals surface area (Å²) < 4.78 is 5.38. The minimum atomic E-state index is 0.0549. The number of phenolic OH excluding ortho intramolecular Hbond substituents is 1. The predicted molar refractivity (Wildman–Crippen MR) is 86.6 cm³/mol. The molecule has 2 rings (SSSR count). The van der Waals surface area contributed by atoms with Gasteiger partial charge >= 0.3 is 0 Å². The van der Waals surface area contributed by atoms with E-state index in [0.717, 1.165) is 16.9 Å². The van der Waals surface area contributed by atoms with Crippen LogP contribution >= 0.6 is 23.2 Å². The van der Waals surface area contributed by atoms with Gasteiger partial charge < -0.3 is 15.6 Å². The molecule has 2 aromatic carbocycles. The molecule has 0 aliphatic heterocycles. The number of halogens is 2. The number of phenols is 1. The van der Waals surface area contributed by atoms with Gasteiger partial charge in [-0.05, 0) is 48.9 Å². The summed E-state index contributed by atoms with van der Waals surface area (Å²) in [6, 6.07) is 10.7. The van der Waals surface area contributed by atoms with Gasteiger partial charge in [-0.25, -0.2) is 0 Å². The van der Waals surface area contributed by atoms with E-state index in [1.165, 1.54) is 0 Å². The van der Waals surface area contributed by atoms with Gasteiger partial charge in [0.2, 0.25) is 0 Å². The first-order valence-corrected chi connectivity index (χ1v) is 7.31. The van der Waals surface area contributed by atoms with Crippen molar-refractivity contribution in [1.82, 2.24) is 0 Å². The van der Waals surface area contributed by atoms with Gasteiger partial charge in [0, 0.05) is 16.5 Å². The van der Waals surface area contributed by atoms with E-state index in [1.807, 2.05) is 18.2 Å². The highest BCUT2D eigenvalue weighted by atomic mass is 35.5. The van der Waals surface area contributed by atoms with Gasteiger partial charge in [-0.1, -0.05) is 29.3 Å². The molecule has 21 heavy (non-hydrogen) atoms. The minimum Gasteiger partial charge on any atom is -0.506 e. The zero-order valence-corrected chi connectivity index (χ0v) is 13.2. The van der Waals surface area contributed by atoms with Crippen molar-refractivity contribution in [1.29, 1.82) is 0 Å². The molecule has 0 bridgehead atoms. The van der Waals surface area contributed by atoms with Crippen LogP contribution in [0.4, 0.5) is 0 Å². The van der Waals surface area contributed by atoms with Crippen LogP contribution in [0.3, 0.4) is 0 Å². The second-order valence-corrected chi connectivity index (χ2v) is 5.65. The van der Waals surface area contributed by atoms with Crippen molar-refractivity contribution in [3.63, 3.8) is 0 Å². The SMILES string of the molecule is COc1ccc(Cl)cc1C(CN)Cc1ccc(O)c(Cl)c1. The van der Waals surface area contributed by atoms with E-state index in [1.54, 1.807) is 25.3 Å². The van der Waals surface area contributed by atoms with Crippen LogP contribution in [0, 0.1) is 0 Å². The van der Waals surface area contributed by atoms with Crippen LogP contribution in [0.25, 0.3) is 0 Å². The van der Waals surface area contributed by atoms with Crippen molar-refractivity contribution in [3.05, 3.63) is 57.6 Å². The molecule has 5 heteroatoms. The Hall–Kier alpha value is -1.42. The Kier molecular flexibility index (Phi) is 5.34. The molecule has 3 nitrogen and oxygen atoms in total. The standard InChI is InChI=1S/C16H17Cl2NO2/c1-21-16-5-3-12(17)8-13(16)11(9-19)6-10-2-4-15(20)14(18)7-10/h2-5,7-8,11,20H,6,9,19H2,1H3. The minimum absolute atomic E-state index is 0.0549. The lowest BCUT2D eigenvalue weighted by Crippen LogP contribution is -2.16. The zero-order chi connectivity index (χ0) is 15.4. The quantitative estimate of drug-likeness (QED) is 0.873. The third-order valence-corrected chi connectivity index (χ3v) is 3.95. The molecular weight excluding hydrogens is 309 g/mol. The molecule has 0 heterocycles. The maximum Gasteiger partial charge on any atom is 0.134 e. The molecule has 112 valence electrons. The Morgan fingerprint density at radius 1 is 1.19 bits per heavy atom. The number of benzene rings is 2. The maximum absolute atomic E-state index is 9.48. The van der Waals surface area contributed by atoms with E-state index in [4.69, 9.17) is 33.7 Å². The largest absolute Gasteiger partial charge is 0.506 e. The summed E-state index contributed by atoms with van der Waals surface area (Å²) in [5, 5.41) is 10.5. The van der Waals surface area contributed by atoms with Crippen LogP contribution < -0.4 is 10.5 Å². The smallest absolute Gasteiger partial charge is 0.134 e. The Bertz CT molecular complexity index is 632. The van der Waals surface area contributed by atoms with Crippen molar-refractivity contribution < 1.29 is 9.84 Å². The van der Waals surface area contributed by atoms with E-state index in [-0.39, 0.29) is 11.7 Å². The molecule has 0 aliphatic carbocycles. The van der Waals surface area contributed by atoms with Crippen LogP contribution in [-0.4, -0.2) is 18.8 Å². The van der Waals surface area contributed by atoms with E-state index in [0.29, 0.717) is 23.0 Å². The molecule has 0 saturated heterocycles. The predicted octanol–water partition coefficient (Wildman–Crippen LogP) is 3.99. The average Bonchev–Trinajstić information content (AvgIpc) is 2.48. The Balaban J connectivity index is 2.31. The van der Waals surface area contributed by atoms with Crippen molar-refractivity contribution in [2.75, 3.05) is 13.7 Å². The fraction of sp³-hybridized carbons (Fsp3) is 0.250. The summed E-state index contributed by atoms with van der Waals surface area (Å²) >= 11 is 12.0. The number of rotatable bonds is 5. The number of nitrogens with two attached hydrogens (primary N) is 1. The lowest BCUT2D eigenvalue weighted by atomic mass is 9.91. The Morgan fingerprint density at radius 3 is 2.57 bits per heavy atom. The highest BCUT2D eigenvalue weighted by Crippen LogP contribution is 2.32. The Morgan fingerprint density at radius 2 is 1.95 bits per heavy atom. The first-order chi connectivity index (χ1) is 10.0. The fourth-order valence-corrected chi connectivity index (χ4v) is 2.69. The third-order valence-electron chi connectivity index (χ3n) is 3.41. The normalized spacial score (nSPS) is 12.2. The Labute approximate surface area is 134 Å². The molecular formula is C16H17Cl2NO2. The van der Waals surface area contributed by atoms with Crippen LogP contribution in [0.5, 0.6) is 11.5 Å². The summed E-state index contributed by atoms with van der Waals surface area (Å²) in [6.45, 7) is 0.454. The van der Waals surface area contributed by atoms with E-state index >= 15 is 0 Å². The number of ether oxygens (including phenoxy) is 1. The van der Waals surface area contributed by atoms with Crippen LogP contribution in [0.2, 0.25) is 10.0 Å². The highest BCUT2D eigenvalue weighted by molar-refractivity contribution is 6.32.